The van der Waals surface area contributed by atoms with Gasteiger partial charge in [0.25, 0.3) is 5.91 Å². The number of ether oxygens (including phenoxy) is 1. The highest BCUT2D eigenvalue weighted by atomic mass is 16.5. The van der Waals surface area contributed by atoms with Gasteiger partial charge in [0.2, 0.25) is 5.88 Å². The van der Waals surface area contributed by atoms with Gasteiger partial charge in [-0.25, -0.2) is 9.67 Å². The molecule has 2 aromatic heterocycles. The molecule has 2 aromatic rings. The molecule has 3 rings (SSSR count). The Morgan fingerprint density at radius 1 is 1.44 bits per heavy atom. The number of hydrogen-bond acceptors (Lipinski definition) is 6. The van der Waals surface area contributed by atoms with E-state index in [1.807, 2.05) is 13.8 Å². The van der Waals surface area contributed by atoms with Gasteiger partial charge in [0.1, 0.15) is 16.9 Å². The van der Waals surface area contributed by atoms with Crippen LogP contribution in [0.3, 0.4) is 0 Å². The molecule has 0 aliphatic carbocycles. The molecule has 8 nitrogen and oxygen atoms in total. The summed E-state index contributed by atoms with van der Waals surface area (Å²) in [6.45, 7) is 4.72. The number of amides is 1. The van der Waals surface area contributed by atoms with Crippen molar-refractivity contribution in [2.24, 2.45) is 0 Å². The summed E-state index contributed by atoms with van der Waals surface area (Å²) in [6, 6.07) is 3.53. The molecule has 0 spiro atoms. The minimum absolute atomic E-state index is 0.158. The first-order valence-corrected chi connectivity index (χ1v) is 8.37. The summed E-state index contributed by atoms with van der Waals surface area (Å²) in [5.74, 6) is 0.0756. The van der Waals surface area contributed by atoms with Gasteiger partial charge >= 0.3 is 0 Å². The van der Waals surface area contributed by atoms with Crippen LogP contribution in [-0.4, -0.2) is 56.1 Å². The molecular formula is C17H23N5O3. The molecule has 1 fully saturated rings. The van der Waals surface area contributed by atoms with E-state index in [-0.39, 0.29) is 24.4 Å². The molecule has 1 atom stereocenters. The van der Waals surface area contributed by atoms with Crippen LogP contribution in [0.1, 0.15) is 48.8 Å². The smallest absolute Gasteiger partial charge is 0.259 e. The van der Waals surface area contributed by atoms with Crippen molar-refractivity contribution >= 4 is 5.91 Å². The van der Waals surface area contributed by atoms with Gasteiger partial charge in [-0.2, -0.15) is 0 Å². The van der Waals surface area contributed by atoms with Crippen LogP contribution in [0.4, 0.5) is 0 Å². The minimum Gasteiger partial charge on any atom is -0.480 e. The number of β-amino-alcohol motifs (C(OH)–C–C–N with tert-alkyl or cyclic N) is 1. The highest BCUT2D eigenvalue weighted by molar-refractivity contribution is 5.96. The van der Waals surface area contributed by atoms with Gasteiger partial charge in [0.05, 0.1) is 19.9 Å². The predicted octanol–water partition coefficient (Wildman–Crippen LogP) is 1.39. The van der Waals surface area contributed by atoms with Gasteiger partial charge in [0, 0.05) is 18.8 Å². The number of piperidine rings is 1. The molecule has 1 aliphatic heterocycles. The Kier molecular flexibility index (Phi) is 4.71. The van der Waals surface area contributed by atoms with Crippen LogP contribution < -0.4 is 4.74 Å². The summed E-state index contributed by atoms with van der Waals surface area (Å²) < 4.78 is 6.88. The van der Waals surface area contributed by atoms with Crippen LogP contribution in [0, 0.1) is 0 Å². The number of aliphatic hydroxyl groups is 1. The van der Waals surface area contributed by atoms with Crippen molar-refractivity contribution in [1.82, 2.24) is 24.9 Å². The molecule has 8 heteroatoms. The van der Waals surface area contributed by atoms with E-state index in [1.54, 1.807) is 34.1 Å². The van der Waals surface area contributed by atoms with E-state index >= 15 is 0 Å². The highest BCUT2D eigenvalue weighted by Gasteiger charge is 2.40. The van der Waals surface area contributed by atoms with Gasteiger partial charge in [-0.3, -0.25) is 4.79 Å². The van der Waals surface area contributed by atoms with Crippen molar-refractivity contribution in [3.8, 4) is 5.88 Å². The van der Waals surface area contributed by atoms with Crippen LogP contribution in [0.15, 0.2) is 24.5 Å². The van der Waals surface area contributed by atoms with Crippen molar-refractivity contribution in [3.63, 3.8) is 0 Å². The van der Waals surface area contributed by atoms with Gasteiger partial charge in [-0.15, -0.1) is 5.10 Å². The summed E-state index contributed by atoms with van der Waals surface area (Å²) in [6.07, 6.45) is 4.55. The van der Waals surface area contributed by atoms with E-state index < -0.39 is 5.60 Å². The molecule has 25 heavy (non-hydrogen) atoms. The third kappa shape index (κ3) is 3.34. The number of methoxy groups -OCH3 is 1. The molecular weight excluding hydrogens is 322 g/mol. The van der Waals surface area contributed by atoms with E-state index in [0.29, 0.717) is 30.6 Å². The average Bonchev–Trinajstić information content (AvgIpc) is 3.12. The lowest BCUT2D eigenvalue weighted by Gasteiger charge is -2.38. The Bertz CT molecular complexity index is 760. The molecule has 0 saturated carbocycles. The van der Waals surface area contributed by atoms with Crippen LogP contribution in [-0.2, 0) is 5.60 Å². The summed E-state index contributed by atoms with van der Waals surface area (Å²) in [4.78, 5) is 18.6. The van der Waals surface area contributed by atoms with E-state index in [9.17, 15) is 9.90 Å². The fourth-order valence-corrected chi connectivity index (χ4v) is 3.05. The Labute approximate surface area is 146 Å². The van der Waals surface area contributed by atoms with E-state index in [2.05, 4.69) is 15.3 Å². The Morgan fingerprint density at radius 3 is 2.92 bits per heavy atom. The van der Waals surface area contributed by atoms with Crippen molar-refractivity contribution in [1.29, 1.82) is 0 Å². The Hall–Kier alpha value is -2.48. The number of carbonyl (C=O) groups excluding carboxylic acids is 1. The molecule has 0 unspecified atom stereocenters. The lowest BCUT2D eigenvalue weighted by molar-refractivity contribution is -0.0321. The summed E-state index contributed by atoms with van der Waals surface area (Å²) in [5, 5.41) is 19.3. The first-order valence-electron chi connectivity index (χ1n) is 8.37. The number of pyridine rings is 1. The largest absolute Gasteiger partial charge is 0.480 e. The zero-order valence-electron chi connectivity index (χ0n) is 14.7. The lowest BCUT2D eigenvalue weighted by Crippen LogP contribution is -2.48. The summed E-state index contributed by atoms with van der Waals surface area (Å²) in [5.41, 5.74) is -0.312. The topological polar surface area (TPSA) is 93.4 Å². The monoisotopic (exact) mass is 345 g/mol. The second-order valence-corrected chi connectivity index (χ2v) is 6.60. The number of hydrogen-bond donors (Lipinski definition) is 1. The van der Waals surface area contributed by atoms with Crippen molar-refractivity contribution in [3.05, 3.63) is 35.8 Å². The maximum Gasteiger partial charge on any atom is 0.259 e. The second-order valence-electron chi connectivity index (χ2n) is 6.60. The molecule has 0 radical (unpaired) electrons. The van der Waals surface area contributed by atoms with Crippen LogP contribution in [0.2, 0.25) is 0 Å². The predicted molar refractivity (Wildman–Crippen MR) is 90.2 cm³/mol. The fraction of sp³-hybridized carbons (Fsp3) is 0.529. The summed E-state index contributed by atoms with van der Waals surface area (Å²) >= 11 is 0. The molecule has 0 aromatic carbocycles. The van der Waals surface area contributed by atoms with Crippen molar-refractivity contribution in [2.45, 2.75) is 38.3 Å². The molecule has 1 amide bonds. The SMILES string of the molecule is COc1ncccc1C(=O)N1CCC[C@](O)(c2cn(C(C)C)nn2)C1. The average molecular weight is 345 g/mol. The van der Waals surface area contributed by atoms with Gasteiger partial charge in [0.15, 0.2) is 0 Å². The zero-order valence-corrected chi connectivity index (χ0v) is 14.7. The first kappa shape index (κ1) is 17.3. The Balaban J connectivity index is 1.83. The number of rotatable bonds is 4. The Morgan fingerprint density at radius 2 is 2.24 bits per heavy atom. The molecule has 134 valence electrons. The molecule has 0 bridgehead atoms. The van der Waals surface area contributed by atoms with E-state index in [1.165, 1.54) is 7.11 Å². The quantitative estimate of drug-likeness (QED) is 0.900. The fourth-order valence-electron chi connectivity index (χ4n) is 3.05. The number of aromatic nitrogens is 4. The molecule has 1 N–H and O–H groups in total. The molecule has 1 saturated heterocycles. The number of carbonyl (C=O) groups is 1. The first-order chi connectivity index (χ1) is 11.9. The van der Waals surface area contributed by atoms with Crippen LogP contribution in [0.5, 0.6) is 5.88 Å². The molecule has 1 aliphatic rings. The maximum absolute atomic E-state index is 12.9. The van der Waals surface area contributed by atoms with Gasteiger partial charge < -0.3 is 14.7 Å². The van der Waals surface area contributed by atoms with E-state index in [0.717, 1.165) is 0 Å². The number of likely N-dealkylation sites (tertiary alicyclic amines) is 1. The third-order valence-corrected chi connectivity index (χ3v) is 4.47. The number of nitrogens with zero attached hydrogens (tertiary/aromatic N) is 5. The second kappa shape index (κ2) is 6.79. The maximum atomic E-state index is 12.9. The molecule has 3 heterocycles. The lowest BCUT2D eigenvalue weighted by atomic mass is 9.89. The minimum atomic E-state index is -1.20. The highest BCUT2D eigenvalue weighted by Crippen LogP contribution is 2.31. The van der Waals surface area contributed by atoms with Gasteiger partial charge in [-0.05, 0) is 38.8 Å². The van der Waals surface area contributed by atoms with E-state index in [4.69, 9.17) is 4.74 Å². The van der Waals surface area contributed by atoms with Crippen LogP contribution in [0.25, 0.3) is 0 Å². The van der Waals surface area contributed by atoms with Gasteiger partial charge in [-0.1, -0.05) is 5.21 Å². The third-order valence-electron chi connectivity index (χ3n) is 4.47. The standard InChI is InChI=1S/C17H23N5O3/c1-12(2)22-10-14(19-20-22)17(24)7-5-9-21(11-17)16(23)13-6-4-8-18-15(13)25-3/h4,6,8,10,12,24H,5,7,9,11H2,1-3H3/t17-/m1/s1. The van der Waals surface area contributed by atoms with Crippen LogP contribution >= 0.6 is 0 Å². The normalized spacial score (nSPS) is 20.8. The van der Waals surface area contributed by atoms with Crippen molar-refractivity contribution in [2.75, 3.05) is 20.2 Å². The summed E-state index contributed by atoms with van der Waals surface area (Å²) in [7, 11) is 1.48. The zero-order chi connectivity index (χ0) is 18.0. The van der Waals surface area contributed by atoms with Crippen molar-refractivity contribution < 1.29 is 14.6 Å².